The third-order valence-corrected chi connectivity index (χ3v) is 8.08. The van der Waals surface area contributed by atoms with Gasteiger partial charge in [-0.2, -0.15) is 0 Å². The number of aromatic nitrogens is 5. The van der Waals surface area contributed by atoms with E-state index in [9.17, 15) is 0 Å². The molecule has 0 saturated heterocycles. The lowest BCUT2D eigenvalue weighted by Gasteiger charge is -2.11. The molecule has 0 unspecified atom stereocenters. The highest BCUT2D eigenvalue weighted by atomic mass is 15.2. The van der Waals surface area contributed by atoms with Crippen LogP contribution in [0, 0.1) is 0 Å². The lowest BCUT2D eigenvalue weighted by atomic mass is 10.0. The number of para-hydroxylation sites is 5. The van der Waals surface area contributed by atoms with Crippen molar-refractivity contribution in [3.05, 3.63) is 140 Å². The Labute approximate surface area is 235 Å². The molecule has 0 fully saturated rings. The molecule has 0 amide bonds. The van der Waals surface area contributed by atoms with Crippen molar-refractivity contribution in [3.8, 4) is 22.5 Å². The van der Waals surface area contributed by atoms with Gasteiger partial charge in [0.2, 0.25) is 5.78 Å². The summed E-state index contributed by atoms with van der Waals surface area (Å²) < 4.78 is 6.78. The lowest BCUT2D eigenvalue weighted by Crippen LogP contribution is -1.97. The van der Waals surface area contributed by atoms with Gasteiger partial charge in [0.1, 0.15) is 5.65 Å². The molecule has 5 heteroatoms. The van der Waals surface area contributed by atoms with Crippen molar-refractivity contribution in [1.82, 2.24) is 23.5 Å². The highest BCUT2D eigenvalue weighted by Crippen LogP contribution is 2.34. The fourth-order valence-corrected chi connectivity index (χ4v) is 6.31. The SMILES string of the molecule is c1cc(-c2cccc(-n3c4ccccc4n4c5ccccc5nc34)c2)cc(-n2c3ccccc3c3cccnc32)c1. The molecule has 9 rings (SSSR count). The molecule has 4 aromatic heterocycles. The van der Waals surface area contributed by atoms with E-state index in [2.05, 4.69) is 135 Å². The maximum atomic E-state index is 5.05. The number of hydrogen-bond acceptors (Lipinski definition) is 2. The summed E-state index contributed by atoms with van der Waals surface area (Å²) in [5.74, 6) is 0.912. The van der Waals surface area contributed by atoms with Gasteiger partial charge in [-0.15, -0.1) is 0 Å². The Morgan fingerprint density at radius 1 is 0.463 bits per heavy atom. The fraction of sp³-hybridized carbons (Fsp3) is 0. The number of fused-ring (bicyclic) bond motifs is 8. The predicted molar refractivity (Wildman–Crippen MR) is 167 cm³/mol. The Balaban J connectivity index is 1.24. The third-order valence-electron chi connectivity index (χ3n) is 8.08. The standard InChI is InChI=1S/C36H23N5/c1-3-17-31-28(14-1)29-15-9-21-37-35(29)39(31)26-12-7-10-24(22-26)25-11-8-13-27(23-25)40-33-19-5-6-20-34(33)41-32-18-4-2-16-30(32)38-36(40)41/h1-23H. The summed E-state index contributed by atoms with van der Waals surface area (Å²) in [5.41, 5.74) is 10.9. The largest absolute Gasteiger partial charge is 0.294 e. The number of rotatable bonds is 3. The average molecular weight is 526 g/mol. The van der Waals surface area contributed by atoms with E-state index in [-0.39, 0.29) is 0 Å². The Kier molecular flexibility index (Phi) is 4.55. The molecule has 0 bridgehead atoms. The van der Waals surface area contributed by atoms with Crippen LogP contribution in [0.1, 0.15) is 0 Å². The van der Waals surface area contributed by atoms with Crippen LogP contribution in [0.4, 0.5) is 0 Å². The molecule has 9 aromatic rings. The van der Waals surface area contributed by atoms with Crippen molar-refractivity contribution in [2.45, 2.75) is 0 Å². The van der Waals surface area contributed by atoms with E-state index in [0.717, 1.165) is 66.9 Å². The molecule has 0 spiro atoms. The minimum atomic E-state index is 0.912. The second-order valence-corrected chi connectivity index (χ2v) is 10.4. The van der Waals surface area contributed by atoms with Gasteiger partial charge in [-0.1, -0.05) is 66.7 Å². The normalized spacial score (nSPS) is 11.9. The third kappa shape index (κ3) is 3.17. The van der Waals surface area contributed by atoms with Gasteiger partial charge in [0.15, 0.2) is 0 Å². The van der Waals surface area contributed by atoms with Crippen LogP contribution in [0.2, 0.25) is 0 Å². The van der Waals surface area contributed by atoms with E-state index in [4.69, 9.17) is 9.97 Å². The minimum absolute atomic E-state index is 0.912. The second-order valence-electron chi connectivity index (χ2n) is 10.4. The first-order valence-corrected chi connectivity index (χ1v) is 13.8. The quantitative estimate of drug-likeness (QED) is 0.232. The van der Waals surface area contributed by atoms with Gasteiger partial charge in [0.25, 0.3) is 0 Å². The number of hydrogen-bond donors (Lipinski definition) is 0. The number of imidazole rings is 2. The fourth-order valence-electron chi connectivity index (χ4n) is 6.31. The number of benzene rings is 5. The summed E-state index contributed by atoms with van der Waals surface area (Å²) in [4.78, 5) is 9.82. The zero-order valence-corrected chi connectivity index (χ0v) is 22.0. The van der Waals surface area contributed by atoms with Gasteiger partial charge in [0, 0.05) is 28.3 Å². The summed E-state index contributed by atoms with van der Waals surface area (Å²) >= 11 is 0. The zero-order chi connectivity index (χ0) is 26.9. The topological polar surface area (TPSA) is 40.0 Å². The summed E-state index contributed by atoms with van der Waals surface area (Å²) in [6.07, 6.45) is 1.87. The van der Waals surface area contributed by atoms with Gasteiger partial charge in [0.05, 0.1) is 27.6 Å². The van der Waals surface area contributed by atoms with Gasteiger partial charge < -0.3 is 0 Å². The molecule has 0 atom stereocenters. The van der Waals surface area contributed by atoms with Crippen molar-refractivity contribution < 1.29 is 0 Å². The maximum Gasteiger partial charge on any atom is 0.220 e. The molecule has 0 N–H and O–H groups in total. The average Bonchev–Trinajstić information content (AvgIpc) is 3.68. The van der Waals surface area contributed by atoms with E-state index in [1.807, 2.05) is 18.3 Å². The first-order chi connectivity index (χ1) is 20.3. The van der Waals surface area contributed by atoms with Gasteiger partial charge in [-0.05, 0) is 77.9 Å². The smallest absolute Gasteiger partial charge is 0.220 e. The molecule has 0 radical (unpaired) electrons. The maximum absolute atomic E-state index is 5.05. The first kappa shape index (κ1) is 22.2. The van der Waals surface area contributed by atoms with Crippen LogP contribution in [0.3, 0.4) is 0 Å². The highest BCUT2D eigenvalue weighted by molar-refractivity contribution is 6.07. The van der Waals surface area contributed by atoms with Crippen molar-refractivity contribution in [2.24, 2.45) is 0 Å². The molecule has 0 aliphatic heterocycles. The Morgan fingerprint density at radius 3 is 1.90 bits per heavy atom. The molecular weight excluding hydrogens is 502 g/mol. The van der Waals surface area contributed by atoms with Crippen molar-refractivity contribution in [1.29, 1.82) is 0 Å². The van der Waals surface area contributed by atoms with Crippen LogP contribution < -0.4 is 0 Å². The van der Waals surface area contributed by atoms with E-state index in [1.54, 1.807) is 0 Å². The summed E-state index contributed by atoms with van der Waals surface area (Å²) in [5, 5.41) is 2.37. The summed E-state index contributed by atoms with van der Waals surface area (Å²) in [7, 11) is 0. The lowest BCUT2D eigenvalue weighted by molar-refractivity contribution is 1.11. The van der Waals surface area contributed by atoms with E-state index in [1.165, 1.54) is 5.39 Å². The van der Waals surface area contributed by atoms with Crippen LogP contribution in [-0.2, 0) is 0 Å². The number of pyridine rings is 1. The van der Waals surface area contributed by atoms with Gasteiger partial charge >= 0.3 is 0 Å². The molecule has 5 nitrogen and oxygen atoms in total. The van der Waals surface area contributed by atoms with Gasteiger partial charge in [-0.3, -0.25) is 13.5 Å². The molecule has 4 heterocycles. The van der Waals surface area contributed by atoms with Crippen LogP contribution >= 0.6 is 0 Å². The van der Waals surface area contributed by atoms with Crippen LogP contribution in [0.5, 0.6) is 0 Å². The monoisotopic (exact) mass is 525 g/mol. The number of nitrogens with zero attached hydrogens (tertiary/aromatic N) is 5. The molecule has 0 aliphatic rings. The van der Waals surface area contributed by atoms with Crippen LogP contribution in [0.25, 0.3) is 72.3 Å². The Hall–Kier alpha value is -5.68. The van der Waals surface area contributed by atoms with Gasteiger partial charge in [-0.25, -0.2) is 9.97 Å². The Bertz CT molecular complexity index is 2390. The minimum Gasteiger partial charge on any atom is -0.294 e. The second kappa shape index (κ2) is 8.41. The van der Waals surface area contributed by atoms with Crippen molar-refractivity contribution >= 4 is 49.8 Å². The van der Waals surface area contributed by atoms with Crippen LogP contribution in [-0.4, -0.2) is 23.5 Å². The zero-order valence-electron chi connectivity index (χ0n) is 22.0. The molecule has 0 saturated carbocycles. The van der Waals surface area contributed by atoms with E-state index >= 15 is 0 Å². The van der Waals surface area contributed by atoms with Crippen molar-refractivity contribution in [2.75, 3.05) is 0 Å². The Morgan fingerprint density at radius 2 is 1.10 bits per heavy atom. The molecular formula is C36H23N5. The van der Waals surface area contributed by atoms with E-state index < -0.39 is 0 Å². The first-order valence-electron chi connectivity index (χ1n) is 13.8. The van der Waals surface area contributed by atoms with Crippen molar-refractivity contribution in [3.63, 3.8) is 0 Å². The molecule has 41 heavy (non-hydrogen) atoms. The van der Waals surface area contributed by atoms with Crippen LogP contribution in [0.15, 0.2) is 140 Å². The summed E-state index contributed by atoms with van der Waals surface area (Å²) in [6.45, 7) is 0. The molecule has 0 aliphatic carbocycles. The molecule has 5 aromatic carbocycles. The molecule has 192 valence electrons. The van der Waals surface area contributed by atoms with E-state index in [0.29, 0.717) is 0 Å². The predicted octanol–water partition coefficient (Wildman–Crippen LogP) is 8.59. The highest BCUT2D eigenvalue weighted by Gasteiger charge is 2.17. The summed E-state index contributed by atoms with van der Waals surface area (Å²) in [6, 6.07) is 47.0.